The zero-order valence-corrected chi connectivity index (χ0v) is 14.1. The molecular weight excluding hydrogens is 300 g/mol. The van der Waals surface area contributed by atoms with Crippen LogP contribution in [0.15, 0.2) is 48.5 Å². The summed E-state index contributed by atoms with van der Waals surface area (Å²) in [6, 6.07) is 14.7. The molecule has 0 saturated carbocycles. The molecule has 2 aromatic carbocycles. The van der Waals surface area contributed by atoms with Crippen molar-refractivity contribution in [3.63, 3.8) is 0 Å². The molecule has 1 heterocycles. The monoisotopic (exact) mass is 322 g/mol. The second-order valence-corrected chi connectivity index (χ2v) is 6.30. The SMILES string of the molecule is Cc1ccc(C(=O)c2ccccc2C(=O)N(C)[C@@H]2CCNC2)cc1. The maximum atomic E-state index is 12.9. The number of amides is 1. The van der Waals surface area contributed by atoms with Gasteiger partial charge in [-0.2, -0.15) is 0 Å². The second-order valence-electron chi connectivity index (χ2n) is 6.30. The molecule has 0 bridgehead atoms. The number of carbonyl (C=O) groups excluding carboxylic acids is 2. The number of rotatable bonds is 4. The first-order valence-electron chi connectivity index (χ1n) is 8.26. The Morgan fingerprint density at radius 2 is 1.71 bits per heavy atom. The molecule has 1 amide bonds. The van der Waals surface area contributed by atoms with Crippen LogP contribution in [0, 0.1) is 6.92 Å². The van der Waals surface area contributed by atoms with Crippen molar-refractivity contribution in [1.82, 2.24) is 10.2 Å². The van der Waals surface area contributed by atoms with Gasteiger partial charge >= 0.3 is 0 Å². The fourth-order valence-electron chi connectivity index (χ4n) is 3.05. The molecule has 1 aliphatic rings. The maximum absolute atomic E-state index is 12.9. The summed E-state index contributed by atoms with van der Waals surface area (Å²) in [5.41, 5.74) is 2.64. The van der Waals surface area contributed by atoms with Crippen molar-refractivity contribution >= 4 is 11.7 Å². The molecule has 4 nitrogen and oxygen atoms in total. The Labute approximate surface area is 142 Å². The number of hydrogen-bond acceptors (Lipinski definition) is 3. The largest absolute Gasteiger partial charge is 0.337 e. The van der Waals surface area contributed by atoms with Crippen molar-refractivity contribution in [2.24, 2.45) is 0 Å². The molecule has 3 rings (SSSR count). The fourth-order valence-corrected chi connectivity index (χ4v) is 3.05. The van der Waals surface area contributed by atoms with E-state index < -0.39 is 0 Å². The minimum absolute atomic E-state index is 0.0974. The van der Waals surface area contributed by atoms with Crippen LogP contribution in [0.4, 0.5) is 0 Å². The number of hydrogen-bond donors (Lipinski definition) is 1. The maximum Gasteiger partial charge on any atom is 0.254 e. The summed E-state index contributed by atoms with van der Waals surface area (Å²) in [6.45, 7) is 3.71. The van der Waals surface area contributed by atoms with Gasteiger partial charge in [-0.15, -0.1) is 0 Å². The van der Waals surface area contributed by atoms with E-state index in [-0.39, 0.29) is 17.7 Å². The number of likely N-dealkylation sites (N-methyl/N-ethyl adjacent to an activating group) is 1. The van der Waals surface area contributed by atoms with Crippen LogP contribution in [0.3, 0.4) is 0 Å². The van der Waals surface area contributed by atoms with E-state index in [1.54, 1.807) is 29.2 Å². The van der Waals surface area contributed by atoms with Gasteiger partial charge in [0.05, 0.1) is 5.56 Å². The van der Waals surface area contributed by atoms with Crippen LogP contribution in [-0.2, 0) is 0 Å². The minimum Gasteiger partial charge on any atom is -0.337 e. The van der Waals surface area contributed by atoms with Crippen LogP contribution in [0.25, 0.3) is 0 Å². The standard InChI is InChI=1S/C20H22N2O2/c1-14-7-9-15(10-8-14)19(23)17-5-3-4-6-18(17)20(24)22(2)16-11-12-21-13-16/h3-10,16,21H,11-13H2,1-2H3/t16-/m1/s1. The number of ketones is 1. The number of carbonyl (C=O) groups is 2. The van der Waals surface area contributed by atoms with Crippen molar-refractivity contribution in [2.75, 3.05) is 20.1 Å². The number of benzene rings is 2. The van der Waals surface area contributed by atoms with E-state index in [0.29, 0.717) is 16.7 Å². The van der Waals surface area contributed by atoms with Crippen LogP contribution in [0.2, 0.25) is 0 Å². The van der Waals surface area contributed by atoms with Gasteiger partial charge in [0.15, 0.2) is 5.78 Å². The van der Waals surface area contributed by atoms with Crippen molar-refractivity contribution in [1.29, 1.82) is 0 Å². The molecule has 124 valence electrons. The second kappa shape index (κ2) is 6.97. The summed E-state index contributed by atoms with van der Waals surface area (Å²) < 4.78 is 0. The third kappa shape index (κ3) is 3.24. The van der Waals surface area contributed by atoms with Gasteiger partial charge in [-0.25, -0.2) is 0 Å². The number of nitrogens with zero attached hydrogens (tertiary/aromatic N) is 1. The third-order valence-electron chi connectivity index (χ3n) is 4.62. The minimum atomic E-state index is -0.114. The molecule has 0 spiro atoms. The molecule has 2 aromatic rings. The van der Waals surface area contributed by atoms with Gasteiger partial charge in [0.2, 0.25) is 0 Å². The van der Waals surface area contributed by atoms with Gasteiger partial charge in [-0.1, -0.05) is 48.0 Å². The highest BCUT2D eigenvalue weighted by atomic mass is 16.2. The molecule has 4 heteroatoms. The number of nitrogens with one attached hydrogen (secondary N) is 1. The van der Waals surface area contributed by atoms with E-state index in [9.17, 15) is 9.59 Å². The predicted molar refractivity (Wildman–Crippen MR) is 94.4 cm³/mol. The van der Waals surface area contributed by atoms with E-state index in [4.69, 9.17) is 0 Å². The molecule has 1 saturated heterocycles. The lowest BCUT2D eigenvalue weighted by molar-refractivity contribution is 0.0739. The van der Waals surface area contributed by atoms with Crippen LogP contribution >= 0.6 is 0 Å². The van der Waals surface area contributed by atoms with Gasteiger partial charge < -0.3 is 10.2 Å². The zero-order chi connectivity index (χ0) is 17.1. The van der Waals surface area contributed by atoms with E-state index in [0.717, 1.165) is 25.1 Å². The van der Waals surface area contributed by atoms with E-state index in [1.807, 2.05) is 38.2 Å². The topological polar surface area (TPSA) is 49.4 Å². The van der Waals surface area contributed by atoms with Crippen LogP contribution in [0.5, 0.6) is 0 Å². The Bertz CT molecular complexity index is 746. The molecule has 1 aliphatic heterocycles. The van der Waals surface area contributed by atoms with E-state index in [2.05, 4.69) is 5.32 Å². The lowest BCUT2D eigenvalue weighted by Crippen LogP contribution is -2.39. The van der Waals surface area contributed by atoms with Crippen LogP contribution in [0.1, 0.15) is 38.3 Å². The molecule has 0 unspecified atom stereocenters. The summed E-state index contributed by atoms with van der Waals surface area (Å²) in [4.78, 5) is 27.5. The lowest BCUT2D eigenvalue weighted by atomic mass is 9.97. The Morgan fingerprint density at radius 1 is 1.04 bits per heavy atom. The molecule has 24 heavy (non-hydrogen) atoms. The Morgan fingerprint density at radius 3 is 2.33 bits per heavy atom. The highest BCUT2D eigenvalue weighted by Gasteiger charge is 2.26. The average molecular weight is 322 g/mol. The molecule has 0 radical (unpaired) electrons. The quantitative estimate of drug-likeness (QED) is 0.881. The van der Waals surface area contributed by atoms with Crippen molar-refractivity contribution in [3.05, 3.63) is 70.8 Å². The predicted octanol–water partition coefficient (Wildman–Crippen LogP) is 2.66. The average Bonchev–Trinajstić information content (AvgIpc) is 3.15. The summed E-state index contributed by atoms with van der Waals surface area (Å²) in [7, 11) is 1.81. The van der Waals surface area contributed by atoms with Gasteiger partial charge in [0, 0.05) is 30.8 Å². The molecule has 0 aliphatic carbocycles. The first kappa shape index (κ1) is 16.4. The smallest absolute Gasteiger partial charge is 0.254 e. The van der Waals surface area contributed by atoms with Crippen LogP contribution in [-0.4, -0.2) is 42.8 Å². The fraction of sp³-hybridized carbons (Fsp3) is 0.300. The summed E-state index contributed by atoms with van der Waals surface area (Å²) in [6.07, 6.45) is 0.941. The molecule has 0 aromatic heterocycles. The molecule has 1 fully saturated rings. The van der Waals surface area contributed by atoms with E-state index >= 15 is 0 Å². The Hall–Kier alpha value is -2.46. The van der Waals surface area contributed by atoms with Crippen molar-refractivity contribution in [2.45, 2.75) is 19.4 Å². The highest BCUT2D eigenvalue weighted by Crippen LogP contribution is 2.19. The number of aryl methyl sites for hydroxylation is 1. The zero-order valence-electron chi connectivity index (χ0n) is 14.1. The van der Waals surface area contributed by atoms with Gasteiger partial charge in [0.1, 0.15) is 0 Å². The summed E-state index contributed by atoms with van der Waals surface area (Å²) in [5, 5.41) is 3.27. The summed E-state index contributed by atoms with van der Waals surface area (Å²) >= 11 is 0. The van der Waals surface area contributed by atoms with Gasteiger partial charge in [-0.05, 0) is 26.0 Å². The van der Waals surface area contributed by atoms with Crippen molar-refractivity contribution in [3.8, 4) is 0 Å². The Balaban J connectivity index is 1.91. The van der Waals surface area contributed by atoms with E-state index in [1.165, 1.54) is 0 Å². The first-order chi connectivity index (χ1) is 11.6. The van der Waals surface area contributed by atoms with Gasteiger partial charge in [0.25, 0.3) is 5.91 Å². The molecule has 1 atom stereocenters. The first-order valence-corrected chi connectivity index (χ1v) is 8.26. The third-order valence-corrected chi connectivity index (χ3v) is 4.62. The lowest BCUT2D eigenvalue weighted by Gasteiger charge is -2.24. The normalized spacial score (nSPS) is 16.8. The molecular formula is C20H22N2O2. The van der Waals surface area contributed by atoms with Crippen LogP contribution < -0.4 is 5.32 Å². The summed E-state index contributed by atoms with van der Waals surface area (Å²) in [5.74, 6) is -0.211. The van der Waals surface area contributed by atoms with Gasteiger partial charge in [-0.3, -0.25) is 9.59 Å². The Kier molecular flexibility index (Phi) is 4.76. The van der Waals surface area contributed by atoms with Crippen molar-refractivity contribution < 1.29 is 9.59 Å². The molecule has 1 N–H and O–H groups in total. The highest BCUT2D eigenvalue weighted by molar-refractivity contribution is 6.15.